The number of hydrogen-bond donors (Lipinski definition) is 0. The van der Waals surface area contributed by atoms with Crippen LogP contribution in [0.5, 0.6) is 0 Å². The monoisotopic (exact) mass is 264 g/mol. The summed E-state index contributed by atoms with van der Waals surface area (Å²) in [6, 6.07) is 9.04. The normalized spacial score (nSPS) is 35.5. The fraction of sp³-hybridized carbons (Fsp3) is 0.571. The Hall–Kier alpha value is -0.300. The molecule has 1 aromatic rings. The van der Waals surface area contributed by atoms with Crippen molar-refractivity contribution < 1.29 is 0 Å². The zero-order valence-corrected chi connectivity index (χ0v) is 11.0. The van der Waals surface area contributed by atoms with E-state index in [4.69, 9.17) is 0 Å². The van der Waals surface area contributed by atoms with Crippen LogP contribution in [-0.4, -0.2) is 5.33 Å². The molecule has 0 aromatic heterocycles. The summed E-state index contributed by atoms with van der Waals surface area (Å²) in [4.78, 5) is 0. The third-order valence-electron chi connectivity index (χ3n) is 4.97. The smallest absolute Gasteiger partial charge is 0.00738 e. The van der Waals surface area contributed by atoms with E-state index in [1.165, 1.54) is 12.8 Å². The average molecular weight is 265 g/mol. The molecule has 0 heterocycles. The van der Waals surface area contributed by atoms with Gasteiger partial charge in [0.15, 0.2) is 0 Å². The van der Waals surface area contributed by atoms with Gasteiger partial charge in [0, 0.05) is 10.7 Å². The molecule has 0 saturated heterocycles. The van der Waals surface area contributed by atoms with E-state index in [1.54, 1.807) is 11.1 Å². The Morgan fingerprint density at radius 2 is 2.07 bits per heavy atom. The molecule has 2 atom stereocenters. The molecule has 15 heavy (non-hydrogen) atoms. The first-order valence-electron chi connectivity index (χ1n) is 5.79. The second kappa shape index (κ2) is 2.88. The molecule has 0 aliphatic heterocycles. The molecule has 1 saturated carbocycles. The van der Waals surface area contributed by atoms with Crippen LogP contribution >= 0.6 is 15.9 Å². The van der Waals surface area contributed by atoms with Gasteiger partial charge in [0.05, 0.1) is 0 Å². The summed E-state index contributed by atoms with van der Waals surface area (Å²) in [6.45, 7) is 4.86. The maximum absolute atomic E-state index is 3.69. The minimum Gasteiger partial charge on any atom is -0.0924 e. The Kier molecular flexibility index (Phi) is 1.90. The Morgan fingerprint density at radius 1 is 1.33 bits per heavy atom. The van der Waals surface area contributed by atoms with Crippen molar-refractivity contribution in [3.05, 3.63) is 35.4 Å². The third kappa shape index (κ3) is 0.982. The van der Waals surface area contributed by atoms with Gasteiger partial charge in [-0.2, -0.15) is 0 Å². The molecule has 80 valence electrons. The van der Waals surface area contributed by atoms with Gasteiger partial charge in [-0.25, -0.2) is 0 Å². The number of fused-ring (bicyclic) bond motifs is 2. The molecule has 0 N–H and O–H groups in total. The molecule has 2 unspecified atom stereocenters. The molecular weight excluding hydrogens is 248 g/mol. The zero-order chi connectivity index (χ0) is 10.7. The lowest BCUT2D eigenvalue weighted by Gasteiger charge is -2.14. The standard InChI is InChI=1S/C14H17Br/c1-13(2)12(9-15)14(13)8-7-10-5-3-4-6-11(10)14/h3-6,12H,7-9H2,1-2H3. The highest BCUT2D eigenvalue weighted by atomic mass is 79.9. The summed E-state index contributed by atoms with van der Waals surface area (Å²) in [7, 11) is 0. The minimum absolute atomic E-state index is 0.489. The second-order valence-electron chi connectivity index (χ2n) is 5.56. The van der Waals surface area contributed by atoms with Crippen LogP contribution in [0.4, 0.5) is 0 Å². The van der Waals surface area contributed by atoms with Gasteiger partial charge in [0.25, 0.3) is 0 Å². The summed E-state index contributed by atoms with van der Waals surface area (Å²) < 4.78 is 0. The molecule has 3 rings (SSSR count). The molecule has 0 radical (unpaired) electrons. The van der Waals surface area contributed by atoms with E-state index in [0.29, 0.717) is 10.8 Å². The highest BCUT2D eigenvalue weighted by molar-refractivity contribution is 9.09. The lowest BCUT2D eigenvalue weighted by molar-refractivity contribution is 0.492. The lowest BCUT2D eigenvalue weighted by atomic mass is 9.89. The van der Waals surface area contributed by atoms with Crippen LogP contribution in [0.25, 0.3) is 0 Å². The van der Waals surface area contributed by atoms with Gasteiger partial charge in [-0.15, -0.1) is 0 Å². The van der Waals surface area contributed by atoms with E-state index in [1.807, 2.05) is 0 Å². The molecule has 1 fully saturated rings. The Balaban J connectivity index is 2.12. The zero-order valence-electron chi connectivity index (χ0n) is 9.39. The predicted molar refractivity (Wildman–Crippen MR) is 67.5 cm³/mol. The van der Waals surface area contributed by atoms with Crippen molar-refractivity contribution in [3.8, 4) is 0 Å². The first kappa shape index (κ1) is 9.89. The van der Waals surface area contributed by atoms with Crippen LogP contribution < -0.4 is 0 Å². The summed E-state index contributed by atoms with van der Waals surface area (Å²) in [6.07, 6.45) is 2.64. The van der Waals surface area contributed by atoms with Crippen LogP contribution in [0, 0.1) is 11.3 Å². The van der Waals surface area contributed by atoms with Gasteiger partial charge in [-0.05, 0) is 35.3 Å². The summed E-state index contributed by atoms with van der Waals surface area (Å²) >= 11 is 3.69. The van der Waals surface area contributed by atoms with E-state index in [0.717, 1.165) is 11.2 Å². The molecule has 1 spiro atoms. The van der Waals surface area contributed by atoms with E-state index in [2.05, 4.69) is 54.0 Å². The van der Waals surface area contributed by atoms with E-state index < -0.39 is 0 Å². The number of aryl methyl sites for hydroxylation is 1. The minimum atomic E-state index is 0.489. The van der Waals surface area contributed by atoms with Crippen LogP contribution in [0.1, 0.15) is 31.4 Å². The van der Waals surface area contributed by atoms with Crippen molar-refractivity contribution in [3.63, 3.8) is 0 Å². The van der Waals surface area contributed by atoms with Crippen LogP contribution in [-0.2, 0) is 11.8 Å². The van der Waals surface area contributed by atoms with Crippen molar-refractivity contribution >= 4 is 15.9 Å². The molecular formula is C14H17Br. The predicted octanol–water partition coefficient (Wildman–Crippen LogP) is 3.92. The number of benzene rings is 1. The fourth-order valence-electron chi connectivity index (χ4n) is 3.96. The number of hydrogen-bond acceptors (Lipinski definition) is 0. The molecule has 0 amide bonds. The molecule has 2 aliphatic carbocycles. The number of alkyl halides is 1. The quantitative estimate of drug-likeness (QED) is 0.675. The highest BCUT2D eigenvalue weighted by Crippen LogP contribution is 2.74. The number of rotatable bonds is 1. The first-order chi connectivity index (χ1) is 7.14. The van der Waals surface area contributed by atoms with Crippen molar-refractivity contribution in [1.29, 1.82) is 0 Å². The van der Waals surface area contributed by atoms with Gasteiger partial charge >= 0.3 is 0 Å². The Labute approximate surface area is 100 Å². The summed E-state index contributed by atoms with van der Waals surface area (Å²) in [5, 5.41) is 1.15. The summed E-state index contributed by atoms with van der Waals surface area (Å²) in [5.41, 5.74) is 4.21. The molecule has 0 nitrogen and oxygen atoms in total. The van der Waals surface area contributed by atoms with Gasteiger partial charge in [-0.3, -0.25) is 0 Å². The second-order valence-corrected chi connectivity index (χ2v) is 6.20. The van der Waals surface area contributed by atoms with Crippen LogP contribution in [0.3, 0.4) is 0 Å². The van der Waals surface area contributed by atoms with Gasteiger partial charge in [-0.1, -0.05) is 54.0 Å². The van der Waals surface area contributed by atoms with Crippen molar-refractivity contribution in [2.75, 3.05) is 5.33 Å². The lowest BCUT2D eigenvalue weighted by Crippen LogP contribution is -2.10. The van der Waals surface area contributed by atoms with Gasteiger partial charge in [0.1, 0.15) is 0 Å². The van der Waals surface area contributed by atoms with Crippen molar-refractivity contribution in [1.82, 2.24) is 0 Å². The topological polar surface area (TPSA) is 0 Å². The Morgan fingerprint density at radius 3 is 2.73 bits per heavy atom. The average Bonchev–Trinajstić information content (AvgIpc) is 2.56. The van der Waals surface area contributed by atoms with Crippen LogP contribution in [0.15, 0.2) is 24.3 Å². The maximum atomic E-state index is 3.69. The van der Waals surface area contributed by atoms with Crippen molar-refractivity contribution in [2.45, 2.75) is 32.1 Å². The van der Waals surface area contributed by atoms with Gasteiger partial charge in [0.2, 0.25) is 0 Å². The van der Waals surface area contributed by atoms with E-state index in [9.17, 15) is 0 Å². The molecule has 0 bridgehead atoms. The first-order valence-corrected chi connectivity index (χ1v) is 6.91. The molecule has 1 aromatic carbocycles. The maximum Gasteiger partial charge on any atom is 0.00738 e. The fourth-order valence-corrected chi connectivity index (χ4v) is 5.32. The number of halogens is 1. The van der Waals surface area contributed by atoms with Gasteiger partial charge < -0.3 is 0 Å². The molecule has 1 heteroatoms. The van der Waals surface area contributed by atoms with E-state index in [-0.39, 0.29) is 0 Å². The third-order valence-corrected chi connectivity index (χ3v) is 5.62. The highest BCUT2D eigenvalue weighted by Gasteiger charge is 2.71. The summed E-state index contributed by atoms with van der Waals surface area (Å²) in [5.74, 6) is 0.827. The van der Waals surface area contributed by atoms with E-state index >= 15 is 0 Å². The molecule has 2 aliphatic rings. The SMILES string of the molecule is CC1(C)C(CBr)C12CCc1ccccc12. The van der Waals surface area contributed by atoms with Crippen LogP contribution in [0.2, 0.25) is 0 Å². The largest absolute Gasteiger partial charge is 0.0924 e. The Bertz CT molecular complexity index is 408. The van der Waals surface area contributed by atoms with Crippen molar-refractivity contribution in [2.24, 2.45) is 11.3 Å².